The summed E-state index contributed by atoms with van der Waals surface area (Å²) in [6.45, 7) is 1.74. The van der Waals surface area contributed by atoms with Crippen LogP contribution in [0.3, 0.4) is 0 Å². The lowest BCUT2D eigenvalue weighted by Gasteiger charge is -2.37. The number of ether oxygens (including phenoxy) is 1. The van der Waals surface area contributed by atoms with Gasteiger partial charge >= 0.3 is 5.97 Å². The lowest BCUT2D eigenvalue weighted by Crippen LogP contribution is -2.44. The molecule has 2 aromatic rings. The SMILES string of the molecule is O=C(O)c1coc(C(=O)NCC2(c3ccccc3)CCOCC2)c1. The Bertz CT molecular complexity index is 716. The first-order chi connectivity index (χ1) is 11.6. The average Bonchev–Trinajstić information content (AvgIpc) is 3.12. The summed E-state index contributed by atoms with van der Waals surface area (Å²) in [5.41, 5.74) is 0.945. The minimum absolute atomic E-state index is 0.00247. The highest BCUT2D eigenvalue weighted by atomic mass is 16.5. The van der Waals surface area contributed by atoms with Gasteiger partial charge in [0, 0.05) is 31.2 Å². The lowest BCUT2D eigenvalue weighted by molar-refractivity contribution is 0.0484. The van der Waals surface area contributed by atoms with Gasteiger partial charge in [-0.1, -0.05) is 30.3 Å². The molecule has 0 unspecified atom stereocenters. The number of carbonyl (C=O) groups excluding carboxylic acids is 1. The van der Waals surface area contributed by atoms with Crippen molar-refractivity contribution in [3.63, 3.8) is 0 Å². The molecule has 0 atom stereocenters. The topological polar surface area (TPSA) is 88.8 Å². The molecule has 0 spiro atoms. The average molecular weight is 329 g/mol. The zero-order chi connectivity index (χ0) is 17.0. The molecule has 1 amide bonds. The van der Waals surface area contributed by atoms with Crippen LogP contribution in [0.2, 0.25) is 0 Å². The van der Waals surface area contributed by atoms with E-state index in [1.54, 1.807) is 0 Å². The number of hydrogen-bond acceptors (Lipinski definition) is 4. The number of furan rings is 1. The van der Waals surface area contributed by atoms with Crippen molar-refractivity contribution in [2.75, 3.05) is 19.8 Å². The number of hydrogen-bond donors (Lipinski definition) is 2. The molecule has 0 saturated carbocycles. The van der Waals surface area contributed by atoms with Crippen LogP contribution in [0.1, 0.15) is 39.3 Å². The number of aromatic carboxylic acids is 1. The Kier molecular flexibility index (Phi) is 4.66. The van der Waals surface area contributed by atoms with Crippen molar-refractivity contribution >= 4 is 11.9 Å². The van der Waals surface area contributed by atoms with Gasteiger partial charge < -0.3 is 19.6 Å². The highest BCUT2D eigenvalue weighted by Gasteiger charge is 2.35. The number of nitrogens with one attached hydrogen (secondary N) is 1. The van der Waals surface area contributed by atoms with Gasteiger partial charge in [0.1, 0.15) is 6.26 Å². The molecule has 1 aromatic carbocycles. The molecular formula is C18H19NO5. The molecule has 2 heterocycles. The Morgan fingerprint density at radius 3 is 2.50 bits per heavy atom. The molecule has 1 fully saturated rings. The minimum atomic E-state index is -1.12. The van der Waals surface area contributed by atoms with E-state index in [1.165, 1.54) is 11.6 Å². The molecule has 1 aliphatic rings. The van der Waals surface area contributed by atoms with Crippen molar-refractivity contribution in [2.45, 2.75) is 18.3 Å². The van der Waals surface area contributed by atoms with Gasteiger partial charge in [0.25, 0.3) is 5.91 Å². The third-order valence-corrected chi connectivity index (χ3v) is 4.49. The molecule has 0 radical (unpaired) electrons. The maximum absolute atomic E-state index is 12.3. The van der Waals surface area contributed by atoms with Crippen LogP contribution in [0.4, 0.5) is 0 Å². The van der Waals surface area contributed by atoms with Gasteiger partial charge in [-0.05, 0) is 18.4 Å². The van der Waals surface area contributed by atoms with E-state index >= 15 is 0 Å². The molecule has 3 rings (SSSR count). The largest absolute Gasteiger partial charge is 0.478 e. The summed E-state index contributed by atoms with van der Waals surface area (Å²) in [7, 11) is 0. The molecule has 2 N–H and O–H groups in total. The van der Waals surface area contributed by atoms with Crippen molar-refractivity contribution in [1.82, 2.24) is 5.32 Å². The predicted molar refractivity (Wildman–Crippen MR) is 86.2 cm³/mol. The molecule has 6 nitrogen and oxygen atoms in total. The third kappa shape index (κ3) is 3.33. The Balaban J connectivity index is 1.73. The maximum atomic E-state index is 12.3. The van der Waals surface area contributed by atoms with Gasteiger partial charge in [-0.25, -0.2) is 4.79 Å². The maximum Gasteiger partial charge on any atom is 0.338 e. The molecule has 1 saturated heterocycles. The summed E-state index contributed by atoms with van der Waals surface area (Å²) in [6.07, 6.45) is 2.70. The van der Waals surface area contributed by atoms with E-state index in [2.05, 4.69) is 17.4 Å². The summed E-state index contributed by atoms with van der Waals surface area (Å²) in [5.74, 6) is -1.53. The summed E-state index contributed by atoms with van der Waals surface area (Å²) in [4.78, 5) is 23.1. The Morgan fingerprint density at radius 2 is 1.88 bits per heavy atom. The van der Waals surface area contributed by atoms with E-state index in [0.29, 0.717) is 19.8 Å². The van der Waals surface area contributed by atoms with Crippen LogP contribution in [0.25, 0.3) is 0 Å². The monoisotopic (exact) mass is 329 g/mol. The van der Waals surface area contributed by atoms with E-state index in [4.69, 9.17) is 14.3 Å². The van der Waals surface area contributed by atoms with Crippen LogP contribution in [0.15, 0.2) is 47.1 Å². The second-order valence-corrected chi connectivity index (χ2v) is 5.95. The van der Waals surface area contributed by atoms with Crippen molar-refractivity contribution in [3.05, 3.63) is 59.5 Å². The van der Waals surface area contributed by atoms with E-state index < -0.39 is 11.9 Å². The first-order valence-corrected chi connectivity index (χ1v) is 7.84. The molecule has 0 bridgehead atoms. The summed E-state index contributed by atoms with van der Waals surface area (Å²) in [6, 6.07) is 11.3. The summed E-state index contributed by atoms with van der Waals surface area (Å²) < 4.78 is 10.5. The summed E-state index contributed by atoms with van der Waals surface area (Å²) in [5, 5.41) is 11.8. The van der Waals surface area contributed by atoms with E-state index in [-0.39, 0.29) is 16.7 Å². The van der Waals surface area contributed by atoms with Gasteiger partial charge in [-0.15, -0.1) is 0 Å². The van der Waals surface area contributed by atoms with Crippen molar-refractivity contribution in [1.29, 1.82) is 0 Å². The second-order valence-electron chi connectivity index (χ2n) is 5.95. The van der Waals surface area contributed by atoms with Crippen molar-refractivity contribution in [3.8, 4) is 0 Å². The van der Waals surface area contributed by atoms with Gasteiger partial charge in [-0.2, -0.15) is 0 Å². The number of rotatable bonds is 5. The molecular weight excluding hydrogens is 310 g/mol. The number of carboxylic acid groups (broad SMARTS) is 1. The van der Waals surface area contributed by atoms with Crippen LogP contribution in [0, 0.1) is 0 Å². The zero-order valence-corrected chi connectivity index (χ0v) is 13.2. The molecule has 24 heavy (non-hydrogen) atoms. The first-order valence-electron chi connectivity index (χ1n) is 7.84. The Morgan fingerprint density at radius 1 is 1.17 bits per heavy atom. The fourth-order valence-corrected chi connectivity index (χ4v) is 3.03. The van der Waals surface area contributed by atoms with E-state index in [1.807, 2.05) is 18.2 Å². The van der Waals surface area contributed by atoms with Crippen LogP contribution in [-0.2, 0) is 10.2 Å². The van der Waals surface area contributed by atoms with Crippen LogP contribution in [-0.4, -0.2) is 36.7 Å². The lowest BCUT2D eigenvalue weighted by atomic mass is 9.74. The van der Waals surface area contributed by atoms with Gasteiger partial charge in [0.15, 0.2) is 5.76 Å². The number of benzene rings is 1. The standard InChI is InChI=1S/C18H19NO5/c20-16(15-10-13(11-24-15)17(21)22)19-12-18(6-8-23-9-7-18)14-4-2-1-3-5-14/h1-5,10-11H,6-9,12H2,(H,19,20)(H,21,22). The van der Waals surface area contributed by atoms with Crippen molar-refractivity contribution < 1.29 is 23.8 Å². The molecule has 126 valence electrons. The zero-order valence-electron chi connectivity index (χ0n) is 13.2. The van der Waals surface area contributed by atoms with Gasteiger partial charge in [0.2, 0.25) is 0 Å². The molecule has 1 aromatic heterocycles. The molecule has 1 aliphatic heterocycles. The minimum Gasteiger partial charge on any atom is -0.478 e. The highest BCUT2D eigenvalue weighted by Crippen LogP contribution is 2.34. The number of carboxylic acids is 1. The van der Waals surface area contributed by atoms with Gasteiger partial charge in [-0.3, -0.25) is 4.79 Å². The third-order valence-electron chi connectivity index (χ3n) is 4.49. The van der Waals surface area contributed by atoms with Crippen LogP contribution >= 0.6 is 0 Å². The summed E-state index contributed by atoms with van der Waals surface area (Å²) >= 11 is 0. The number of amides is 1. The molecule has 0 aliphatic carbocycles. The fourth-order valence-electron chi connectivity index (χ4n) is 3.03. The van der Waals surface area contributed by atoms with Crippen LogP contribution in [0.5, 0.6) is 0 Å². The smallest absolute Gasteiger partial charge is 0.338 e. The normalized spacial score (nSPS) is 16.5. The van der Waals surface area contributed by atoms with Crippen molar-refractivity contribution in [2.24, 2.45) is 0 Å². The Labute approximate surface area is 139 Å². The Hall–Kier alpha value is -2.60. The van der Waals surface area contributed by atoms with Crippen LogP contribution < -0.4 is 5.32 Å². The molecule has 6 heteroatoms. The fraction of sp³-hybridized carbons (Fsp3) is 0.333. The van der Waals surface area contributed by atoms with E-state index in [0.717, 1.165) is 19.1 Å². The quantitative estimate of drug-likeness (QED) is 0.879. The number of carbonyl (C=O) groups is 2. The van der Waals surface area contributed by atoms with E-state index in [9.17, 15) is 9.59 Å². The van der Waals surface area contributed by atoms with Gasteiger partial charge in [0.05, 0.1) is 5.56 Å². The predicted octanol–water partition coefficient (Wildman–Crippen LogP) is 2.46. The highest BCUT2D eigenvalue weighted by molar-refractivity contribution is 5.95. The first kappa shape index (κ1) is 16.3. The second kappa shape index (κ2) is 6.88.